The van der Waals surface area contributed by atoms with Gasteiger partial charge in [0.15, 0.2) is 6.10 Å². The molecular weight excluding hydrogens is 985 g/mol. The Balaban J connectivity index is 3.97. The van der Waals surface area contributed by atoms with E-state index in [0.29, 0.717) is 19.3 Å². The molecule has 1 atom stereocenters. The second-order valence-electron chi connectivity index (χ2n) is 24.1. The van der Waals surface area contributed by atoms with Gasteiger partial charge in [-0.3, -0.25) is 14.4 Å². The standard InChI is InChI=1S/C74H136O6/c1-4-7-10-13-16-18-20-22-24-26-28-30-32-34-36-37-39-40-42-44-46-48-50-52-54-56-58-61-64-67-73(76)79-70-71(69-78-72(75)66-63-60-15-12-9-6-3)80-74(77)68-65-62-59-57-55-53-51-49-47-45-43-41-38-35-33-31-29-27-25-23-21-19-17-14-11-8-5-2/h7,10,16,18,22,24,28,30,71H,4-6,8-9,11-15,17,19-21,23,25-27,29,31-70H2,1-3H3/b10-7-,18-16-,24-22-,30-28-. The van der Waals surface area contributed by atoms with E-state index in [-0.39, 0.29) is 31.1 Å². The first-order valence-electron chi connectivity index (χ1n) is 35.6. The minimum atomic E-state index is -0.767. The SMILES string of the molecule is CC/C=C\C/C=C\C/C=C\C/C=C\CCCCCCCCCCCCCCCCCCC(=O)OCC(COC(=O)CCCCCCCC)OC(=O)CCCCCCCCCCCCCCCCCCCCCCCCCCCCC. The minimum absolute atomic E-state index is 0.0673. The highest BCUT2D eigenvalue weighted by Gasteiger charge is 2.19. The molecule has 6 nitrogen and oxygen atoms in total. The van der Waals surface area contributed by atoms with Crippen LogP contribution in [-0.2, 0) is 28.6 Å². The van der Waals surface area contributed by atoms with Crippen LogP contribution in [0.15, 0.2) is 48.6 Å². The summed E-state index contributed by atoms with van der Waals surface area (Å²) in [5.41, 5.74) is 0. The van der Waals surface area contributed by atoms with Crippen molar-refractivity contribution in [3.63, 3.8) is 0 Å². The van der Waals surface area contributed by atoms with Crippen LogP contribution < -0.4 is 0 Å². The topological polar surface area (TPSA) is 78.9 Å². The smallest absolute Gasteiger partial charge is 0.306 e. The summed E-state index contributed by atoms with van der Waals surface area (Å²) >= 11 is 0. The van der Waals surface area contributed by atoms with E-state index in [0.717, 1.165) is 83.5 Å². The lowest BCUT2D eigenvalue weighted by Gasteiger charge is -2.18. The zero-order valence-corrected chi connectivity index (χ0v) is 53.9. The Morgan fingerprint density at radius 2 is 0.487 bits per heavy atom. The third-order valence-corrected chi connectivity index (χ3v) is 16.1. The summed E-state index contributed by atoms with van der Waals surface area (Å²) in [5.74, 6) is -0.851. The molecule has 0 radical (unpaired) electrons. The molecule has 0 fully saturated rings. The highest BCUT2D eigenvalue weighted by molar-refractivity contribution is 5.71. The van der Waals surface area contributed by atoms with E-state index in [2.05, 4.69) is 69.4 Å². The number of carbonyl (C=O) groups excluding carboxylic acids is 3. The Hall–Kier alpha value is -2.63. The fraction of sp³-hybridized carbons (Fsp3) is 0.851. The van der Waals surface area contributed by atoms with Crippen LogP contribution in [0.5, 0.6) is 0 Å². The summed E-state index contributed by atoms with van der Waals surface area (Å²) in [6, 6.07) is 0. The maximum atomic E-state index is 12.9. The second kappa shape index (κ2) is 68.9. The monoisotopic (exact) mass is 1120 g/mol. The van der Waals surface area contributed by atoms with Crippen LogP contribution >= 0.6 is 0 Å². The second-order valence-corrected chi connectivity index (χ2v) is 24.1. The predicted octanol–water partition coefficient (Wildman–Crippen LogP) is 24.5. The average Bonchev–Trinajstić information content (AvgIpc) is 3.46. The van der Waals surface area contributed by atoms with Gasteiger partial charge in [0.25, 0.3) is 0 Å². The lowest BCUT2D eigenvalue weighted by atomic mass is 10.0. The van der Waals surface area contributed by atoms with Crippen molar-refractivity contribution in [3.05, 3.63) is 48.6 Å². The van der Waals surface area contributed by atoms with Crippen molar-refractivity contribution < 1.29 is 28.6 Å². The molecule has 0 saturated carbocycles. The summed E-state index contributed by atoms with van der Waals surface area (Å²) in [6.07, 6.45) is 87.7. The molecule has 0 aliphatic rings. The maximum Gasteiger partial charge on any atom is 0.306 e. The lowest BCUT2D eigenvalue weighted by Crippen LogP contribution is -2.30. The molecule has 0 aromatic carbocycles. The highest BCUT2D eigenvalue weighted by Crippen LogP contribution is 2.19. The van der Waals surface area contributed by atoms with Gasteiger partial charge in [-0.15, -0.1) is 0 Å². The number of allylic oxidation sites excluding steroid dienone is 8. The van der Waals surface area contributed by atoms with E-state index in [1.54, 1.807) is 0 Å². The van der Waals surface area contributed by atoms with Crippen molar-refractivity contribution in [2.24, 2.45) is 0 Å². The van der Waals surface area contributed by atoms with Crippen LogP contribution in [0.1, 0.15) is 387 Å². The Morgan fingerprint density at radius 3 is 0.762 bits per heavy atom. The van der Waals surface area contributed by atoms with Crippen molar-refractivity contribution in [1.29, 1.82) is 0 Å². The van der Waals surface area contributed by atoms with Crippen LogP contribution in [0.25, 0.3) is 0 Å². The first-order valence-corrected chi connectivity index (χ1v) is 35.6. The first-order chi connectivity index (χ1) is 39.5. The Kier molecular flexibility index (Phi) is 66.6. The van der Waals surface area contributed by atoms with Crippen LogP contribution in [0.2, 0.25) is 0 Å². The Labute approximate surface area is 498 Å². The molecular formula is C74H136O6. The third-order valence-electron chi connectivity index (χ3n) is 16.1. The zero-order chi connectivity index (χ0) is 57.8. The van der Waals surface area contributed by atoms with Gasteiger partial charge in [-0.05, 0) is 57.8 Å². The molecule has 0 heterocycles. The van der Waals surface area contributed by atoms with E-state index >= 15 is 0 Å². The van der Waals surface area contributed by atoms with E-state index in [4.69, 9.17) is 14.2 Å². The van der Waals surface area contributed by atoms with Crippen LogP contribution in [0.3, 0.4) is 0 Å². The fourth-order valence-electron chi connectivity index (χ4n) is 10.8. The van der Waals surface area contributed by atoms with Crippen molar-refractivity contribution in [1.82, 2.24) is 0 Å². The number of unbranched alkanes of at least 4 members (excludes halogenated alkanes) is 47. The van der Waals surface area contributed by atoms with Crippen molar-refractivity contribution >= 4 is 17.9 Å². The minimum Gasteiger partial charge on any atom is -0.462 e. The van der Waals surface area contributed by atoms with Crippen LogP contribution in [0.4, 0.5) is 0 Å². The van der Waals surface area contributed by atoms with Crippen LogP contribution in [0, 0.1) is 0 Å². The molecule has 80 heavy (non-hydrogen) atoms. The van der Waals surface area contributed by atoms with Gasteiger partial charge in [0.1, 0.15) is 13.2 Å². The summed E-state index contributed by atoms with van der Waals surface area (Å²) in [7, 11) is 0. The van der Waals surface area contributed by atoms with E-state index in [1.807, 2.05) is 0 Å². The zero-order valence-electron chi connectivity index (χ0n) is 53.9. The summed E-state index contributed by atoms with van der Waals surface area (Å²) in [4.78, 5) is 38.1. The molecule has 0 saturated heterocycles. The summed E-state index contributed by atoms with van der Waals surface area (Å²) in [5, 5.41) is 0. The predicted molar refractivity (Wildman–Crippen MR) is 349 cm³/mol. The molecule has 6 heteroatoms. The van der Waals surface area contributed by atoms with Gasteiger partial charge in [0.2, 0.25) is 0 Å². The maximum absolute atomic E-state index is 12.9. The molecule has 0 aromatic heterocycles. The fourth-order valence-corrected chi connectivity index (χ4v) is 10.8. The van der Waals surface area contributed by atoms with Gasteiger partial charge in [-0.2, -0.15) is 0 Å². The van der Waals surface area contributed by atoms with Crippen molar-refractivity contribution in [2.45, 2.75) is 393 Å². The quantitative estimate of drug-likeness (QED) is 0.0261. The van der Waals surface area contributed by atoms with E-state index in [1.165, 1.54) is 263 Å². The highest BCUT2D eigenvalue weighted by atomic mass is 16.6. The molecule has 468 valence electrons. The molecule has 0 N–H and O–H groups in total. The number of esters is 3. The Bertz CT molecular complexity index is 1380. The van der Waals surface area contributed by atoms with Crippen LogP contribution in [-0.4, -0.2) is 37.2 Å². The van der Waals surface area contributed by atoms with Gasteiger partial charge in [0, 0.05) is 19.3 Å². The number of hydrogen-bond donors (Lipinski definition) is 0. The first kappa shape index (κ1) is 77.4. The van der Waals surface area contributed by atoms with Gasteiger partial charge in [0.05, 0.1) is 0 Å². The molecule has 0 spiro atoms. The van der Waals surface area contributed by atoms with Gasteiger partial charge >= 0.3 is 17.9 Å². The molecule has 0 aliphatic heterocycles. The van der Waals surface area contributed by atoms with E-state index < -0.39 is 6.10 Å². The Morgan fingerprint density at radius 1 is 0.263 bits per heavy atom. The molecule has 0 amide bonds. The molecule has 0 bridgehead atoms. The number of rotatable bonds is 66. The molecule has 0 rings (SSSR count). The number of ether oxygens (including phenoxy) is 3. The number of carbonyl (C=O) groups is 3. The van der Waals surface area contributed by atoms with Crippen molar-refractivity contribution in [2.75, 3.05) is 13.2 Å². The molecule has 1 unspecified atom stereocenters. The van der Waals surface area contributed by atoms with Gasteiger partial charge < -0.3 is 14.2 Å². The van der Waals surface area contributed by atoms with Crippen molar-refractivity contribution in [3.8, 4) is 0 Å². The third kappa shape index (κ3) is 66.2. The largest absolute Gasteiger partial charge is 0.462 e. The average molecular weight is 1120 g/mol. The molecule has 0 aromatic rings. The van der Waals surface area contributed by atoms with Gasteiger partial charge in [-0.25, -0.2) is 0 Å². The normalized spacial score (nSPS) is 12.3. The van der Waals surface area contributed by atoms with E-state index in [9.17, 15) is 14.4 Å². The lowest BCUT2D eigenvalue weighted by molar-refractivity contribution is -0.167. The number of hydrogen-bond acceptors (Lipinski definition) is 6. The summed E-state index contributed by atoms with van der Waals surface area (Å²) < 4.78 is 16.9. The molecule has 0 aliphatic carbocycles. The van der Waals surface area contributed by atoms with Gasteiger partial charge in [-0.1, -0.05) is 358 Å². The summed E-state index contributed by atoms with van der Waals surface area (Å²) in [6.45, 7) is 6.54.